The molecule has 3 N–H and O–H groups in total. The third-order valence-corrected chi connectivity index (χ3v) is 6.68. The molecule has 2 aromatic carbocycles. The molecule has 2 fully saturated rings. The van der Waals surface area contributed by atoms with Crippen LogP contribution in [-0.4, -0.2) is 74.4 Å². The SMILES string of the molecule is CCNC(=O)Nc1ncnc2c1ncn2C1OC(COc2ccccc2C(=O)O)C2OC(C#Cc3ccccc3)OC21. The molecular weight excluding hydrogens is 544 g/mol. The number of anilines is 1. The number of hydrogen-bond acceptors (Lipinski definition) is 9. The predicted octanol–water partition coefficient (Wildman–Crippen LogP) is 2.80. The molecule has 2 aliphatic rings. The highest BCUT2D eigenvalue weighted by Gasteiger charge is 2.54. The van der Waals surface area contributed by atoms with Crippen LogP contribution in [0.5, 0.6) is 5.75 Å². The number of imidazole rings is 1. The van der Waals surface area contributed by atoms with E-state index in [0.29, 0.717) is 17.7 Å². The van der Waals surface area contributed by atoms with Gasteiger partial charge in [-0.2, -0.15) is 0 Å². The van der Waals surface area contributed by atoms with E-state index in [0.717, 1.165) is 5.56 Å². The first kappa shape index (κ1) is 27.2. The summed E-state index contributed by atoms with van der Waals surface area (Å²) in [5.41, 5.74) is 1.60. The summed E-state index contributed by atoms with van der Waals surface area (Å²) in [5, 5.41) is 14.9. The van der Waals surface area contributed by atoms with Crippen LogP contribution in [0.25, 0.3) is 11.2 Å². The molecule has 0 aliphatic carbocycles. The van der Waals surface area contributed by atoms with Gasteiger partial charge in [0.15, 0.2) is 23.2 Å². The molecule has 4 aromatic rings. The highest BCUT2D eigenvalue weighted by molar-refractivity contribution is 5.95. The van der Waals surface area contributed by atoms with Crippen molar-refractivity contribution >= 4 is 29.0 Å². The number of hydrogen-bond donors (Lipinski definition) is 3. The van der Waals surface area contributed by atoms with E-state index in [2.05, 4.69) is 37.4 Å². The van der Waals surface area contributed by atoms with Crippen molar-refractivity contribution in [2.24, 2.45) is 0 Å². The summed E-state index contributed by atoms with van der Waals surface area (Å²) in [6, 6.07) is 15.4. The van der Waals surface area contributed by atoms with Crippen LogP contribution in [0.2, 0.25) is 0 Å². The van der Waals surface area contributed by atoms with Crippen molar-refractivity contribution in [1.29, 1.82) is 0 Å². The van der Waals surface area contributed by atoms with Gasteiger partial charge in [-0.3, -0.25) is 9.88 Å². The van der Waals surface area contributed by atoms with E-state index in [1.54, 1.807) is 29.7 Å². The zero-order chi connectivity index (χ0) is 29.1. The lowest BCUT2D eigenvalue weighted by molar-refractivity contribution is -0.128. The molecule has 214 valence electrons. The van der Waals surface area contributed by atoms with Gasteiger partial charge >= 0.3 is 12.0 Å². The van der Waals surface area contributed by atoms with Gasteiger partial charge in [-0.15, -0.1) is 0 Å². The van der Waals surface area contributed by atoms with Crippen molar-refractivity contribution in [3.63, 3.8) is 0 Å². The number of nitrogens with zero attached hydrogens (tertiary/aromatic N) is 4. The highest BCUT2D eigenvalue weighted by Crippen LogP contribution is 2.41. The standard InChI is InChI=1S/C29H26N6O7/c1-2-30-29(38)34-25-22-26(32-15-31-25)35(16-33-22)27-24-23(41-21(42-24)13-12-17-8-4-3-5-9-17)20(40-27)14-39-19-11-7-6-10-18(19)28(36)37/h3-11,15-16,20-21,23-24,27H,2,14H2,1H3,(H,36,37)(H2,30,31,32,34,38). The van der Waals surface area contributed by atoms with Crippen LogP contribution in [0, 0.1) is 11.8 Å². The number of benzene rings is 2. The minimum atomic E-state index is -1.10. The Labute approximate surface area is 239 Å². The van der Waals surface area contributed by atoms with Gasteiger partial charge in [0.25, 0.3) is 0 Å². The fourth-order valence-corrected chi connectivity index (χ4v) is 4.81. The van der Waals surface area contributed by atoms with E-state index in [-0.39, 0.29) is 23.7 Å². The molecule has 2 saturated heterocycles. The summed E-state index contributed by atoms with van der Waals surface area (Å²) >= 11 is 0. The summed E-state index contributed by atoms with van der Waals surface area (Å²) < 4.78 is 26.4. The molecule has 13 heteroatoms. The first-order chi connectivity index (χ1) is 20.5. The topological polar surface area (TPSA) is 159 Å². The third-order valence-electron chi connectivity index (χ3n) is 6.68. The van der Waals surface area contributed by atoms with Crippen LogP contribution < -0.4 is 15.4 Å². The number of carbonyl (C=O) groups is 2. The molecule has 5 unspecified atom stereocenters. The van der Waals surface area contributed by atoms with Crippen LogP contribution in [0.1, 0.15) is 29.1 Å². The Kier molecular flexibility index (Phi) is 7.65. The zero-order valence-corrected chi connectivity index (χ0v) is 22.3. The van der Waals surface area contributed by atoms with Crippen molar-refractivity contribution in [1.82, 2.24) is 24.8 Å². The number of carboxylic acids is 1. The Morgan fingerprint density at radius 2 is 1.81 bits per heavy atom. The van der Waals surface area contributed by atoms with E-state index in [4.69, 9.17) is 18.9 Å². The molecule has 42 heavy (non-hydrogen) atoms. The van der Waals surface area contributed by atoms with Crippen LogP contribution in [0.3, 0.4) is 0 Å². The summed E-state index contributed by atoms with van der Waals surface area (Å²) in [7, 11) is 0. The summed E-state index contributed by atoms with van der Waals surface area (Å²) in [5.74, 6) is 5.41. The van der Waals surface area contributed by atoms with E-state index in [9.17, 15) is 14.7 Å². The van der Waals surface area contributed by atoms with Gasteiger partial charge in [-0.05, 0) is 37.1 Å². The summed E-state index contributed by atoms with van der Waals surface area (Å²) in [6.07, 6.45) is -0.640. The van der Waals surface area contributed by atoms with E-state index >= 15 is 0 Å². The number of amides is 2. The summed E-state index contributed by atoms with van der Waals surface area (Å²) in [6.45, 7) is 2.23. The van der Waals surface area contributed by atoms with Gasteiger partial charge in [0, 0.05) is 12.1 Å². The number of ether oxygens (including phenoxy) is 4. The second-order valence-electron chi connectivity index (χ2n) is 9.38. The van der Waals surface area contributed by atoms with Gasteiger partial charge < -0.3 is 29.4 Å². The maximum atomic E-state index is 12.1. The number of carbonyl (C=O) groups excluding carboxylic acids is 1. The fraction of sp³-hybridized carbons (Fsp3) is 0.276. The summed E-state index contributed by atoms with van der Waals surface area (Å²) in [4.78, 5) is 36.8. The molecule has 0 saturated carbocycles. The Morgan fingerprint density at radius 1 is 1.02 bits per heavy atom. The molecule has 0 bridgehead atoms. The molecule has 2 amide bonds. The molecule has 2 aliphatic heterocycles. The van der Waals surface area contributed by atoms with Crippen molar-refractivity contribution in [2.45, 2.75) is 37.8 Å². The maximum Gasteiger partial charge on any atom is 0.339 e. The highest BCUT2D eigenvalue weighted by atomic mass is 16.8. The average molecular weight is 571 g/mol. The van der Waals surface area contributed by atoms with Gasteiger partial charge in [-0.25, -0.2) is 24.5 Å². The smallest absolute Gasteiger partial charge is 0.339 e. The number of nitrogens with one attached hydrogen (secondary N) is 2. The molecule has 13 nitrogen and oxygen atoms in total. The number of carboxylic acid groups (broad SMARTS) is 1. The van der Waals surface area contributed by atoms with E-state index in [1.165, 1.54) is 18.7 Å². The Balaban J connectivity index is 1.28. The number of aromatic carboxylic acids is 1. The average Bonchev–Trinajstić information content (AvgIpc) is 3.70. The Morgan fingerprint density at radius 3 is 2.62 bits per heavy atom. The molecular formula is C29H26N6O7. The number of para-hydroxylation sites is 1. The van der Waals surface area contributed by atoms with Crippen molar-refractivity contribution < 1.29 is 33.6 Å². The maximum absolute atomic E-state index is 12.1. The van der Waals surface area contributed by atoms with Crippen LogP contribution in [0.15, 0.2) is 67.3 Å². The third kappa shape index (κ3) is 5.46. The lowest BCUT2D eigenvalue weighted by atomic mass is 10.1. The van der Waals surface area contributed by atoms with Gasteiger partial charge in [0.2, 0.25) is 6.29 Å². The van der Waals surface area contributed by atoms with E-state index in [1.807, 2.05) is 30.3 Å². The molecule has 2 aromatic heterocycles. The van der Waals surface area contributed by atoms with Crippen LogP contribution in [-0.2, 0) is 14.2 Å². The molecule has 6 rings (SSSR count). The van der Waals surface area contributed by atoms with Crippen molar-refractivity contribution in [2.75, 3.05) is 18.5 Å². The molecule has 4 heterocycles. The quantitative estimate of drug-likeness (QED) is 0.282. The normalized spacial score (nSPS) is 22.6. The lowest BCUT2D eigenvalue weighted by Gasteiger charge is -2.20. The largest absolute Gasteiger partial charge is 0.490 e. The monoisotopic (exact) mass is 570 g/mol. The number of urea groups is 1. The zero-order valence-electron chi connectivity index (χ0n) is 22.3. The Bertz CT molecular complexity index is 1670. The van der Waals surface area contributed by atoms with Gasteiger partial charge in [0.05, 0.1) is 6.33 Å². The fourth-order valence-electron chi connectivity index (χ4n) is 4.81. The number of aromatic nitrogens is 4. The lowest BCUT2D eigenvalue weighted by Crippen LogP contribution is -2.33. The van der Waals surface area contributed by atoms with Crippen molar-refractivity contribution in [3.05, 3.63) is 78.4 Å². The molecule has 5 atom stereocenters. The van der Waals surface area contributed by atoms with Gasteiger partial charge in [-0.1, -0.05) is 36.3 Å². The van der Waals surface area contributed by atoms with Crippen LogP contribution >= 0.6 is 0 Å². The minimum Gasteiger partial charge on any atom is -0.490 e. The minimum absolute atomic E-state index is 0.0181. The Hall–Kier alpha value is -5.03. The first-order valence-electron chi connectivity index (χ1n) is 13.2. The second kappa shape index (κ2) is 11.8. The van der Waals surface area contributed by atoms with E-state index < -0.39 is 42.8 Å². The van der Waals surface area contributed by atoms with Crippen molar-refractivity contribution in [3.8, 4) is 17.6 Å². The van der Waals surface area contributed by atoms with Crippen LogP contribution in [0.4, 0.5) is 10.6 Å². The predicted molar refractivity (Wildman–Crippen MR) is 148 cm³/mol. The molecule has 0 spiro atoms. The first-order valence-corrected chi connectivity index (χ1v) is 13.2. The molecule has 0 radical (unpaired) electrons. The second-order valence-corrected chi connectivity index (χ2v) is 9.38. The van der Waals surface area contributed by atoms with Gasteiger partial charge in [0.1, 0.15) is 42.6 Å². The number of rotatable bonds is 7. The number of fused-ring (bicyclic) bond motifs is 2.